The minimum Gasteiger partial charge on any atom is -0.329 e. The standard InChI is InChI=1S/C6H18N2Si/c1-9-6-2-4-8-5-3-7/h8H,2-7,9H2,1H3. The molecule has 3 N–H and O–H groups in total. The Kier molecular flexibility index (Phi) is 8.26. The van der Waals surface area contributed by atoms with E-state index in [4.69, 9.17) is 5.73 Å². The van der Waals surface area contributed by atoms with E-state index in [9.17, 15) is 0 Å². The van der Waals surface area contributed by atoms with Crippen molar-refractivity contribution in [3.63, 3.8) is 0 Å². The summed E-state index contributed by atoms with van der Waals surface area (Å²) < 4.78 is 0. The zero-order chi connectivity index (χ0) is 6.95. The van der Waals surface area contributed by atoms with Crippen LogP contribution in [0.2, 0.25) is 12.6 Å². The van der Waals surface area contributed by atoms with Gasteiger partial charge < -0.3 is 11.1 Å². The molecule has 56 valence electrons. The Hall–Kier alpha value is 0.137. The molecule has 0 aromatic carbocycles. The molecule has 0 atom stereocenters. The van der Waals surface area contributed by atoms with Crippen LogP contribution in [0, 0.1) is 0 Å². The van der Waals surface area contributed by atoms with Crippen LogP contribution in [0.3, 0.4) is 0 Å². The van der Waals surface area contributed by atoms with E-state index in [-0.39, 0.29) is 0 Å². The van der Waals surface area contributed by atoms with Crippen LogP contribution in [0.5, 0.6) is 0 Å². The first-order chi connectivity index (χ1) is 4.41. The van der Waals surface area contributed by atoms with Gasteiger partial charge >= 0.3 is 0 Å². The van der Waals surface area contributed by atoms with E-state index in [0.717, 1.165) is 19.6 Å². The highest BCUT2D eigenvalue weighted by atomic mass is 28.2. The lowest BCUT2D eigenvalue weighted by molar-refractivity contribution is 0.677. The van der Waals surface area contributed by atoms with Gasteiger partial charge in [-0.1, -0.05) is 12.6 Å². The largest absolute Gasteiger partial charge is 0.329 e. The highest BCUT2D eigenvalue weighted by Gasteiger charge is 1.84. The van der Waals surface area contributed by atoms with Gasteiger partial charge in [0.25, 0.3) is 0 Å². The zero-order valence-electron chi connectivity index (χ0n) is 6.32. The highest BCUT2D eigenvalue weighted by molar-refractivity contribution is 6.33. The van der Waals surface area contributed by atoms with Crippen molar-refractivity contribution in [2.45, 2.75) is 19.0 Å². The highest BCUT2D eigenvalue weighted by Crippen LogP contribution is 1.83. The lowest BCUT2D eigenvalue weighted by Crippen LogP contribution is -2.23. The molecule has 0 spiro atoms. The molecule has 0 saturated heterocycles. The second kappa shape index (κ2) is 8.14. The third kappa shape index (κ3) is 8.14. The number of hydrogen-bond acceptors (Lipinski definition) is 2. The average Bonchev–Trinajstić information content (AvgIpc) is 1.89. The smallest absolute Gasteiger partial charge is 0.0167 e. The van der Waals surface area contributed by atoms with Gasteiger partial charge in [0, 0.05) is 22.6 Å². The topological polar surface area (TPSA) is 38.0 Å². The van der Waals surface area contributed by atoms with E-state index < -0.39 is 0 Å². The van der Waals surface area contributed by atoms with E-state index in [1.54, 1.807) is 0 Å². The van der Waals surface area contributed by atoms with E-state index in [0.29, 0.717) is 9.52 Å². The first-order valence-corrected chi connectivity index (χ1v) is 6.24. The Labute approximate surface area is 60.0 Å². The Morgan fingerprint density at radius 2 is 2.22 bits per heavy atom. The van der Waals surface area contributed by atoms with Crippen LogP contribution in [0.1, 0.15) is 6.42 Å². The molecular formula is C6H18N2Si. The van der Waals surface area contributed by atoms with Crippen LogP contribution in [0.4, 0.5) is 0 Å². The van der Waals surface area contributed by atoms with E-state index >= 15 is 0 Å². The number of rotatable bonds is 6. The summed E-state index contributed by atoms with van der Waals surface area (Å²) in [7, 11) is 0.308. The fourth-order valence-electron chi connectivity index (χ4n) is 0.727. The van der Waals surface area contributed by atoms with Crippen LogP contribution in [-0.2, 0) is 0 Å². The zero-order valence-corrected chi connectivity index (χ0v) is 7.73. The maximum Gasteiger partial charge on any atom is 0.0167 e. The summed E-state index contributed by atoms with van der Waals surface area (Å²) in [4.78, 5) is 0. The molecule has 3 heteroatoms. The number of nitrogens with one attached hydrogen (secondary N) is 1. The summed E-state index contributed by atoms with van der Waals surface area (Å²) >= 11 is 0. The maximum atomic E-state index is 5.29. The minimum absolute atomic E-state index is 0.308. The van der Waals surface area contributed by atoms with Gasteiger partial charge in [0.1, 0.15) is 0 Å². The summed E-state index contributed by atoms with van der Waals surface area (Å²) in [6.45, 7) is 5.26. The fourth-order valence-corrected chi connectivity index (χ4v) is 1.48. The lowest BCUT2D eigenvalue weighted by Gasteiger charge is -1.99. The van der Waals surface area contributed by atoms with E-state index in [1.165, 1.54) is 12.5 Å². The second-order valence-electron chi connectivity index (χ2n) is 2.25. The molecule has 0 aliphatic carbocycles. The van der Waals surface area contributed by atoms with Gasteiger partial charge in [-0.3, -0.25) is 0 Å². The Balaban J connectivity index is 2.60. The molecule has 0 aromatic rings. The minimum atomic E-state index is 0.308. The molecule has 0 fully saturated rings. The van der Waals surface area contributed by atoms with Crippen LogP contribution in [0.15, 0.2) is 0 Å². The molecule has 2 nitrogen and oxygen atoms in total. The number of nitrogens with two attached hydrogens (primary N) is 1. The van der Waals surface area contributed by atoms with Crippen molar-refractivity contribution in [2.24, 2.45) is 5.73 Å². The molecule has 0 unspecified atom stereocenters. The Morgan fingerprint density at radius 3 is 2.78 bits per heavy atom. The molecule has 0 radical (unpaired) electrons. The molecular weight excluding hydrogens is 128 g/mol. The van der Waals surface area contributed by atoms with Gasteiger partial charge in [-0.25, -0.2) is 0 Å². The van der Waals surface area contributed by atoms with Gasteiger partial charge in [-0.2, -0.15) is 0 Å². The van der Waals surface area contributed by atoms with E-state index in [1.807, 2.05) is 0 Å². The molecule has 0 heterocycles. The predicted molar refractivity (Wildman–Crippen MR) is 45.8 cm³/mol. The van der Waals surface area contributed by atoms with Gasteiger partial charge in [-0.05, 0) is 13.0 Å². The first-order valence-electron chi connectivity index (χ1n) is 3.82. The maximum absolute atomic E-state index is 5.29. The molecule has 9 heavy (non-hydrogen) atoms. The summed E-state index contributed by atoms with van der Waals surface area (Å²) in [6.07, 6.45) is 1.35. The van der Waals surface area contributed by atoms with Crippen LogP contribution >= 0.6 is 0 Å². The third-order valence-corrected chi connectivity index (χ3v) is 2.49. The number of hydrogen-bond donors (Lipinski definition) is 2. The van der Waals surface area contributed by atoms with Crippen molar-refractivity contribution in [3.8, 4) is 0 Å². The molecule has 0 aliphatic heterocycles. The lowest BCUT2D eigenvalue weighted by atomic mass is 10.5. The molecule has 0 aromatic heterocycles. The summed E-state index contributed by atoms with van der Waals surface area (Å²) in [5, 5.41) is 3.27. The van der Waals surface area contributed by atoms with E-state index in [2.05, 4.69) is 11.9 Å². The summed E-state index contributed by atoms with van der Waals surface area (Å²) in [6, 6.07) is 1.47. The average molecular weight is 146 g/mol. The molecule has 0 rings (SSSR count). The molecule has 0 amide bonds. The van der Waals surface area contributed by atoms with Crippen molar-refractivity contribution < 1.29 is 0 Å². The van der Waals surface area contributed by atoms with Crippen molar-refractivity contribution in [1.29, 1.82) is 0 Å². The van der Waals surface area contributed by atoms with Crippen LogP contribution in [-0.4, -0.2) is 29.2 Å². The van der Waals surface area contributed by atoms with Crippen LogP contribution in [0.25, 0.3) is 0 Å². The van der Waals surface area contributed by atoms with Crippen molar-refractivity contribution in [3.05, 3.63) is 0 Å². The molecule has 0 bridgehead atoms. The van der Waals surface area contributed by atoms with Crippen molar-refractivity contribution in [1.82, 2.24) is 5.32 Å². The van der Waals surface area contributed by atoms with Crippen molar-refractivity contribution >= 4 is 9.52 Å². The Morgan fingerprint density at radius 1 is 1.44 bits per heavy atom. The quantitative estimate of drug-likeness (QED) is 0.394. The van der Waals surface area contributed by atoms with Gasteiger partial charge in [0.2, 0.25) is 0 Å². The van der Waals surface area contributed by atoms with Gasteiger partial charge in [0.05, 0.1) is 0 Å². The summed E-state index contributed by atoms with van der Waals surface area (Å²) in [5.41, 5.74) is 5.29. The fraction of sp³-hybridized carbons (Fsp3) is 1.00. The van der Waals surface area contributed by atoms with Crippen LogP contribution < -0.4 is 11.1 Å². The third-order valence-electron chi connectivity index (χ3n) is 1.28. The molecule has 0 saturated carbocycles. The van der Waals surface area contributed by atoms with Gasteiger partial charge in [-0.15, -0.1) is 0 Å². The SMILES string of the molecule is C[SiH2]CCCNCCN. The van der Waals surface area contributed by atoms with Gasteiger partial charge in [0.15, 0.2) is 0 Å². The first kappa shape index (κ1) is 9.14. The normalized spacial score (nSPS) is 11.3. The summed E-state index contributed by atoms with van der Waals surface area (Å²) in [5.74, 6) is 0. The van der Waals surface area contributed by atoms with Crippen molar-refractivity contribution in [2.75, 3.05) is 19.6 Å². The molecule has 0 aliphatic rings. The monoisotopic (exact) mass is 146 g/mol. The predicted octanol–water partition coefficient (Wildman–Crippen LogP) is -0.440. The Bertz CT molecular complexity index is 44.3. The second-order valence-corrected chi connectivity index (χ2v) is 3.95.